The summed E-state index contributed by atoms with van der Waals surface area (Å²) in [5.74, 6) is 0.606. The molecule has 1 heterocycles. The van der Waals surface area contributed by atoms with Crippen molar-refractivity contribution in [3.05, 3.63) is 53.3 Å². The van der Waals surface area contributed by atoms with Crippen molar-refractivity contribution in [1.29, 1.82) is 0 Å². The summed E-state index contributed by atoms with van der Waals surface area (Å²) < 4.78 is 19.2. The van der Waals surface area contributed by atoms with Crippen molar-refractivity contribution in [2.75, 3.05) is 6.61 Å². The molecule has 0 saturated heterocycles. The summed E-state index contributed by atoms with van der Waals surface area (Å²) in [6.45, 7) is 1.14. The molecule has 2 nitrogen and oxygen atoms in total. The van der Waals surface area contributed by atoms with Crippen LogP contribution in [0.3, 0.4) is 0 Å². The molecule has 3 rings (SSSR count). The highest BCUT2D eigenvalue weighted by Crippen LogP contribution is 2.37. The fourth-order valence-electron chi connectivity index (χ4n) is 2.30. The van der Waals surface area contributed by atoms with E-state index in [2.05, 4.69) is 0 Å². The monoisotopic (exact) mass is 243 g/mol. The van der Waals surface area contributed by atoms with E-state index >= 15 is 0 Å². The molecule has 0 bridgehead atoms. The van der Waals surface area contributed by atoms with Crippen molar-refractivity contribution in [1.82, 2.24) is 0 Å². The van der Waals surface area contributed by atoms with Crippen LogP contribution in [0.2, 0.25) is 0 Å². The van der Waals surface area contributed by atoms with Crippen molar-refractivity contribution in [3.63, 3.8) is 0 Å². The summed E-state index contributed by atoms with van der Waals surface area (Å²) in [6.07, 6.45) is 0.779. The maximum absolute atomic E-state index is 13.6. The van der Waals surface area contributed by atoms with Crippen molar-refractivity contribution in [2.24, 2.45) is 5.73 Å². The molecular formula is C15H14FNO. The molecule has 2 aromatic carbocycles. The van der Waals surface area contributed by atoms with Gasteiger partial charge in [-0.15, -0.1) is 0 Å². The molecule has 1 aliphatic heterocycles. The largest absolute Gasteiger partial charge is 0.492 e. The van der Waals surface area contributed by atoms with Gasteiger partial charge in [0.25, 0.3) is 0 Å². The lowest BCUT2D eigenvalue weighted by molar-refractivity contribution is 0.358. The molecule has 18 heavy (non-hydrogen) atoms. The number of rotatable bonds is 2. The van der Waals surface area contributed by atoms with E-state index in [0.717, 1.165) is 34.4 Å². The fourth-order valence-corrected chi connectivity index (χ4v) is 2.30. The molecule has 0 amide bonds. The quantitative estimate of drug-likeness (QED) is 0.880. The average molecular weight is 243 g/mol. The first-order chi connectivity index (χ1) is 8.78. The number of benzene rings is 2. The lowest BCUT2D eigenvalue weighted by Crippen LogP contribution is -1.95. The molecule has 0 atom stereocenters. The van der Waals surface area contributed by atoms with Crippen LogP contribution in [0.25, 0.3) is 11.1 Å². The maximum Gasteiger partial charge on any atom is 0.130 e. The Labute approximate surface area is 105 Å². The number of hydrogen-bond donors (Lipinski definition) is 1. The third-order valence-electron chi connectivity index (χ3n) is 3.25. The Morgan fingerprint density at radius 2 is 1.94 bits per heavy atom. The van der Waals surface area contributed by atoms with Gasteiger partial charge in [-0.3, -0.25) is 0 Å². The van der Waals surface area contributed by atoms with Crippen molar-refractivity contribution in [2.45, 2.75) is 13.0 Å². The zero-order valence-electron chi connectivity index (χ0n) is 9.95. The second kappa shape index (κ2) is 4.42. The molecule has 1 aliphatic rings. The second-order valence-electron chi connectivity index (χ2n) is 4.44. The highest BCUT2D eigenvalue weighted by molar-refractivity contribution is 5.73. The summed E-state index contributed by atoms with van der Waals surface area (Å²) in [4.78, 5) is 0. The van der Waals surface area contributed by atoms with E-state index in [1.165, 1.54) is 6.07 Å². The van der Waals surface area contributed by atoms with Crippen LogP contribution in [-0.2, 0) is 13.0 Å². The first-order valence-corrected chi connectivity index (χ1v) is 6.02. The molecule has 0 saturated carbocycles. The van der Waals surface area contributed by atoms with Crippen LogP contribution in [0.1, 0.15) is 11.1 Å². The van der Waals surface area contributed by atoms with Crippen LogP contribution < -0.4 is 10.5 Å². The molecule has 0 spiro atoms. The highest BCUT2D eigenvalue weighted by Gasteiger charge is 2.18. The molecular weight excluding hydrogens is 229 g/mol. The van der Waals surface area contributed by atoms with Gasteiger partial charge in [0, 0.05) is 24.1 Å². The van der Waals surface area contributed by atoms with Crippen LogP contribution in [0.5, 0.6) is 5.75 Å². The summed E-state index contributed by atoms with van der Waals surface area (Å²) in [7, 11) is 0. The van der Waals surface area contributed by atoms with Crippen LogP contribution in [0.4, 0.5) is 4.39 Å². The molecule has 0 aliphatic carbocycles. The molecule has 3 heteroatoms. The topological polar surface area (TPSA) is 35.2 Å². The Balaban J connectivity index is 2.10. The van der Waals surface area contributed by atoms with Crippen LogP contribution >= 0.6 is 0 Å². The Hall–Kier alpha value is -1.87. The number of nitrogens with two attached hydrogens (primary N) is 1. The van der Waals surface area contributed by atoms with E-state index in [-0.39, 0.29) is 5.82 Å². The van der Waals surface area contributed by atoms with E-state index in [4.69, 9.17) is 10.5 Å². The van der Waals surface area contributed by atoms with Gasteiger partial charge < -0.3 is 10.5 Å². The van der Waals surface area contributed by atoms with E-state index in [0.29, 0.717) is 13.2 Å². The fraction of sp³-hybridized carbons (Fsp3) is 0.200. The smallest absolute Gasteiger partial charge is 0.130 e. The molecule has 0 radical (unpaired) electrons. The van der Waals surface area contributed by atoms with Gasteiger partial charge in [0.15, 0.2) is 0 Å². The first kappa shape index (κ1) is 11.2. The van der Waals surface area contributed by atoms with Crippen molar-refractivity contribution in [3.8, 4) is 16.9 Å². The summed E-state index contributed by atoms with van der Waals surface area (Å²) in [6, 6.07) is 10.9. The lowest BCUT2D eigenvalue weighted by Gasteiger charge is -2.09. The molecule has 0 aromatic heterocycles. The zero-order valence-corrected chi connectivity index (χ0v) is 9.95. The maximum atomic E-state index is 13.6. The van der Waals surface area contributed by atoms with Gasteiger partial charge in [-0.05, 0) is 23.3 Å². The molecule has 2 N–H and O–H groups in total. The minimum atomic E-state index is -0.211. The van der Waals surface area contributed by atoms with E-state index in [9.17, 15) is 4.39 Å². The summed E-state index contributed by atoms with van der Waals surface area (Å²) in [5.41, 5.74) is 9.37. The third-order valence-corrected chi connectivity index (χ3v) is 3.25. The number of ether oxygens (including phenoxy) is 1. The number of halogens is 1. The Morgan fingerprint density at radius 1 is 1.17 bits per heavy atom. The summed E-state index contributed by atoms with van der Waals surface area (Å²) >= 11 is 0. The predicted octanol–water partition coefficient (Wildman–Crippen LogP) is 2.89. The minimum Gasteiger partial charge on any atom is -0.492 e. The normalized spacial score (nSPS) is 13.2. The van der Waals surface area contributed by atoms with E-state index in [1.807, 2.05) is 24.3 Å². The number of hydrogen-bond acceptors (Lipinski definition) is 2. The number of fused-ring (bicyclic) bond motifs is 1. The molecule has 2 aromatic rings. The van der Waals surface area contributed by atoms with Gasteiger partial charge in [-0.2, -0.15) is 0 Å². The van der Waals surface area contributed by atoms with Gasteiger partial charge in [-0.1, -0.05) is 24.3 Å². The molecule has 92 valence electrons. The van der Waals surface area contributed by atoms with E-state index < -0.39 is 0 Å². The van der Waals surface area contributed by atoms with E-state index in [1.54, 1.807) is 6.07 Å². The Kier molecular flexibility index (Phi) is 2.76. The van der Waals surface area contributed by atoms with Gasteiger partial charge in [0.2, 0.25) is 0 Å². The summed E-state index contributed by atoms with van der Waals surface area (Å²) in [5, 5.41) is 0. The van der Waals surface area contributed by atoms with Crippen molar-refractivity contribution >= 4 is 0 Å². The van der Waals surface area contributed by atoms with Gasteiger partial charge in [0.05, 0.1) is 6.61 Å². The Bertz CT molecular complexity index is 578. The van der Waals surface area contributed by atoms with Crippen LogP contribution in [0.15, 0.2) is 36.4 Å². The zero-order chi connectivity index (χ0) is 12.5. The Morgan fingerprint density at radius 3 is 2.67 bits per heavy atom. The van der Waals surface area contributed by atoms with Crippen LogP contribution in [-0.4, -0.2) is 6.61 Å². The highest BCUT2D eigenvalue weighted by atomic mass is 19.1. The third kappa shape index (κ3) is 1.87. The first-order valence-electron chi connectivity index (χ1n) is 6.02. The van der Waals surface area contributed by atoms with Gasteiger partial charge in [-0.25, -0.2) is 4.39 Å². The minimum absolute atomic E-state index is 0.211. The standard InChI is InChI=1S/C15H14FNO/c16-13-7-12-5-6-18-15(12)14(8-13)11-3-1-10(9-17)2-4-11/h1-4,7-8H,5-6,9,17H2. The molecule has 0 unspecified atom stereocenters. The average Bonchev–Trinajstić information content (AvgIpc) is 2.86. The molecule has 0 fully saturated rings. The second-order valence-corrected chi connectivity index (χ2v) is 4.44. The van der Waals surface area contributed by atoms with Crippen molar-refractivity contribution < 1.29 is 9.13 Å². The predicted molar refractivity (Wildman–Crippen MR) is 68.9 cm³/mol. The van der Waals surface area contributed by atoms with Crippen LogP contribution in [0, 0.1) is 5.82 Å². The SMILES string of the molecule is NCc1ccc(-c2cc(F)cc3c2OCC3)cc1. The lowest BCUT2D eigenvalue weighted by atomic mass is 10.00. The van der Waals surface area contributed by atoms with Gasteiger partial charge in [0.1, 0.15) is 11.6 Å². The van der Waals surface area contributed by atoms with Gasteiger partial charge >= 0.3 is 0 Å².